The molecule has 34 heavy (non-hydrogen) atoms. The summed E-state index contributed by atoms with van der Waals surface area (Å²) in [6.45, 7) is 5.62. The molecule has 4 heterocycles. The third kappa shape index (κ3) is 4.45. The van der Waals surface area contributed by atoms with Gasteiger partial charge in [0.2, 0.25) is 0 Å². The van der Waals surface area contributed by atoms with Crippen molar-refractivity contribution in [3.63, 3.8) is 0 Å². The molecule has 1 saturated heterocycles. The summed E-state index contributed by atoms with van der Waals surface area (Å²) in [5.41, 5.74) is 3.59. The molecular weight excluding hydrogens is 473 g/mol. The summed E-state index contributed by atoms with van der Waals surface area (Å²) >= 11 is 0. The fourth-order valence-corrected chi connectivity index (χ4v) is 6.31. The van der Waals surface area contributed by atoms with Crippen LogP contribution < -0.4 is 10.2 Å². The highest BCUT2D eigenvalue weighted by Gasteiger charge is 2.24. The van der Waals surface area contributed by atoms with E-state index < -0.39 is 0 Å². The number of fused-ring (bicyclic) bond motifs is 1. The highest BCUT2D eigenvalue weighted by molar-refractivity contribution is 8.31. The van der Waals surface area contributed by atoms with Gasteiger partial charge in [0, 0.05) is 54.5 Å². The van der Waals surface area contributed by atoms with Crippen LogP contribution in [-0.4, -0.2) is 53.4 Å². The minimum Gasteiger partial charge on any atom is -0.355 e. The monoisotopic (exact) mass is 497 g/mol. The molecule has 1 aliphatic heterocycles. The number of rotatable bonds is 5. The number of anilines is 3. The molecule has 1 aromatic carbocycles. The molecule has 4 aromatic rings. The van der Waals surface area contributed by atoms with E-state index in [0.29, 0.717) is 11.6 Å². The quantitative estimate of drug-likeness (QED) is 0.452. The van der Waals surface area contributed by atoms with Crippen LogP contribution in [0.25, 0.3) is 5.65 Å². The second-order valence-corrected chi connectivity index (χ2v) is 11.8. The van der Waals surface area contributed by atoms with Crippen LogP contribution >= 0.6 is 0 Å². The Balaban J connectivity index is 1.63. The predicted molar refractivity (Wildman–Crippen MR) is 134 cm³/mol. The second kappa shape index (κ2) is 9.59. The summed E-state index contributed by atoms with van der Waals surface area (Å²) in [5.74, 6) is 3.55. The van der Waals surface area contributed by atoms with E-state index in [1.54, 1.807) is 30.7 Å². The maximum absolute atomic E-state index is 13.5. The Kier molecular flexibility index (Phi) is 6.38. The molecule has 11 heteroatoms. The molecule has 1 unspecified atom stereocenters. The highest BCUT2D eigenvalue weighted by Crippen LogP contribution is 2.33. The first-order valence-corrected chi connectivity index (χ1v) is 13.8. The van der Waals surface area contributed by atoms with E-state index in [9.17, 15) is 8.60 Å². The predicted octanol–water partition coefficient (Wildman–Crippen LogP) is 3.43. The molecule has 0 spiro atoms. The second-order valence-electron chi connectivity index (χ2n) is 8.13. The van der Waals surface area contributed by atoms with Crippen LogP contribution in [-0.2, 0) is 19.7 Å². The Bertz CT molecular complexity index is 1380. The average molecular weight is 498 g/mol. The molecule has 1 atom stereocenters. The molecule has 0 saturated carbocycles. The van der Waals surface area contributed by atoms with E-state index in [1.807, 2.05) is 17.5 Å². The summed E-state index contributed by atoms with van der Waals surface area (Å²) < 4.78 is 26.7. The minimum atomic E-state index is -0.260. The van der Waals surface area contributed by atoms with Crippen molar-refractivity contribution in [3.8, 4) is 0 Å². The fraction of sp³-hybridized carbons (Fsp3) is 0.304. The van der Waals surface area contributed by atoms with E-state index >= 15 is 0 Å². The standard InChI is InChI=1S/C23H24FN7OS2/c1-15(17-3-5-18(24)6-4-17)22-16(2)29-31-21(30-9-11-34(33-32)12-10-30)13-19(28-23(22)31)27-20-14-25-7-8-26-20/h3-8,13-15H,9-12H2,1-2H3,(H,26,27,28). The Hall–Kier alpha value is -3.18. The summed E-state index contributed by atoms with van der Waals surface area (Å²) in [5, 5.41) is 8.12. The fourth-order valence-electron chi connectivity index (χ4n) is 4.27. The van der Waals surface area contributed by atoms with Gasteiger partial charge in [-0.25, -0.2) is 18.6 Å². The molecule has 1 fully saturated rings. The van der Waals surface area contributed by atoms with Gasteiger partial charge in [-0.2, -0.15) is 9.61 Å². The summed E-state index contributed by atoms with van der Waals surface area (Å²) in [6, 6.07) is 8.53. The molecule has 5 rings (SSSR count). The lowest BCUT2D eigenvalue weighted by atomic mass is 9.93. The van der Waals surface area contributed by atoms with E-state index in [-0.39, 0.29) is 21.2 Å². The first-order chi connectivity index (χ1) is 16.5. The Morgan fingerprint density at radius 1 is 1.15 bits per heavy atom. The SMILES string of the molecule is Cc1nn2c(N3CCS(=S=O)CC3)cc(Nc3cnccn3)nc2c1C(C)c1ccc(F)cc1. The first kappa shape index (κ1) is 22.6. The van der Waals surface area contributed by atoms with Gasteiger partial charge in [-0.15, -0.1) is 0 Å². The molecular formula is C23H24FN7OS2. The van der Waals surface area contributed by atoms with Gasteiger partial charge >= 0.3 is 0 Å². The van der Waals surface area contributed by atoms with Crippen molar-refractivity contribution in [2.24, 2.45) is 0 Å². The van der Waals surface area contributed by atoms with Crippen molar-refractivity contribution >= 4 is 42.8 Å². The van der Waals surface area contributed by atoms with Crippen LogP contribution in [0.15, 0.2) is 48.9 Å². The normalized spacial score (nSPS) is 15.4. The number of halogens is 1. The van der Waals surface area contributed by atoms with Gasteiger partial charge in [-0.1, -0.05) is 28.5 Å². The van der Waals surface area contributed by atoms with Crippen LogP contribution in [0.5, 0.6) is 0 Å². The molecule has 0 aliphatic carbocycles. The Morgan fingerprint density at radius 2 is 1.91 bits per heavy atom. The van der Waals surface area contributed by atoms with Gasteiger partial charge in [0.1, 0.15) is 33.5 Å². The molecule has 0 radical (unpaired) electrons. The van der Waals surface area contributed by atoms with Crippen LogP contribution in [0.2, 0.25) is 0 Å². The number of benzene rings is 1. The Labute approximate surface area is 201 Å². The zero-order valence-electron chi connectivity index (χ0n) is 18.8. The minimum absolute atomic E-state index is 0.0331. The first-order valence-electron chi connectivity index (χ1n) is 10.9. The summed E-state index contributed by atoms with van der Waals surface area (Å²) in [7, 11) is 0.582. The van der Waals surface area contributed by atoms with E-state index in [1.165, 1.54) is 12.1 Å². The number of aryl methyl sites for hydroxylation is 1. The van der Waals surface area contributed by atoms with Crippen molar-refractivity contribution in [2.45, 2.75) is 19.8 Å². The maximum atomic E-state index is 13.5. The lowest BCUT2D eigenvalue weighted by Crippen LogP contribution is -2.38. The van der Waals surface area contributed by atoms with Gasteiger partial charge in [0.05, 0.1) is 11.9 Å². The lowest BCUT2D eigenvalue weighted by molar-refractivity contribution is 0.626. The van der Waals surface area contributed by atoms with Crippen LogP contribution in [0.4, 0.5) is 21.8 Å². The number of hydrogen-bond donors (Lipinski definition) is 1. The summed E-state index contributed by atoms with van der Waals surface area (Å²) in [4.78, 5) is 15.6. The van der Waals surface area contributed by atoms with Crippen molar-refractivity contribution in [3.05, 3.63) is 71.6 Å². The zero-order valence-corrected chi connectivity index (χ0v) is 20.4. The van der Waals surface area contributed by atoms with Gasteiger partial charge in [-0.3, -0.25) is 4.98 Å². The topological polar surface area (TPSA) is 88.3 Å². The molecule has 1 N–H and O–H groups in total. The lowest BCUT2D eigenvalue weighted by Gasteiger charge is -2.29. The smallest absolute Gasteiger partial charge is 0.163 e. The van der Waals surface area contributed by atoms with Crippen molar-refractivity contribution in [1.82, 2.24) is 24.6 Å². The van der Waals surface area contributed by atoms with Crippen molar-refractivity contribution in [2.75, 3.05) is 34.8 Å². The molecule has 3 aromatic heterocycles. The van der Waals surface area contributed by atoms with E-state index in [4.69, 9.17) is 10.1 Å². The largest absolute Gasteiger partial charge is 0.355 e. The number of nitrogens with zero attached hydrogens (tertiary/aromatic N) is 6. The average Bonchev–Trinajstić information content (AvgIpc) is 3.20. The van der Waals surface area contributed by atoms with Gasteiger partial charge in [0.15, 0.2) is 5.65 Å². The number of nitrogens with one attached hydrogen (secondary N) is 1. The molecule has 176 valence electrons. The summed E-state index contributed by atoms with van der Waals surface area (Å²) in [6.07, 6.45) is 4.89. The van der Waals surface area contributed by atoms with E-state index in [2.05, 4.69) is 27.1 Å². The van der Waals surface area contributed by atoms with E-state index in [0.717, 1.165) is 63.1 Å². The van der Waals surface area contributed by atoms with Gasteiger partial charge in [-0.05, 0) is 24.6 Å². The molecule has 0 bridgehead atoms. The van der Waals surface area contributed by atoms with Gasteiger partial charge < -0.3 is 10.2 Å². The third-order valence-corrected chi connectivity index (χ3v) is 9.06. The van der Waals surface area contributed by atoms with Crippen LogP contribution in [0.1, 0.15) is 29.7 Å². The number of aromatic nitrogens is 5. The van der Waals surface area contributed by atoms with Crippen LogP contribution in [0, 0.1) is 12.7 Å². The Morgan fingerprint density at radius 3 is 2.59 bits per heavy atom. The molecule has 8 nitrogen and oxygen atoms in total. The van der Waals surface area contributed by atoms with Crippen LogP contribution in [0.3, 0.4) is 0 Å². The maximum Gasteiger partial charge on any atom is 0.163 e. The molecule has 0 amide bonds. The highest BCUT2D eigenvalue weighted by atomic mass is 32.8. The number of hydrogen-bond acceptors (Lipinski definition) is 7. The van der Waals surface area contributed by atoms with Crippen molar-refractivity contribution in [1.29, 1.82) is 0 Å². The van der Waals surface area contributed by atoms with Gasteiger partial charge in [0.25, 0.3) is 0 Å². The zero-order chi connectivity index (χ0) is 23.7. The third-order valence-electron chi connectivity index (χ3n) is 6.01. The molecule has 1 aliphatic rings. The van der Waals surface area contributed by atoms with Crippen molar-refractivity contribution < 1.29 is 8.60 Å².